The minimum Gasteiger partial charge on any atom is -0.465 e. The smallest absolute Gasteiger partial charge is 0.450 e. The van der Waals surface area contributed by atoms with Crippen LogP contribution in [-0.2, 0) is 27.2 Å². The van der Waals surface area contributed by atoms with Crippen molar-refractivity contribution in [3.05, 3.63) is 35.4 Å². The summed E-state index contributed by atoms with van der Waals surface area (Å²) < 4.78 is 42.8. The minimum atomic E-state index is -5.06. The molecule has 0 aliphatic carbocycles. The van der Waals surface area contributed by atoms with E-state index in [1.807, 2.05) is 12.1 Å². The maximum atomic E-state index is 12.7. The van der Waals surface area contributed by atoms with E-state index >= 15 is 0 Å². The molecule has 0 amide bonds. The Kier molecular flexibility index (Phi) is 8.66. The fraction of sp³-hybridized carbons (Fsp3) is 0.579. The van der Waals surface area contributed by atoms with Crippen molar-refractivity contribution in [2.24, 2.45) is 5.92 Å². The van der Waals surface area contributed by atoms with E-state index < -0.39 is 23.8 Å². The van der Waals surface area contributed by atoms with Gasteiger partial charge in [-0.25, -0.2) is 0 Å². The second kappa shape index (κ2) is 10.2. The Morgan fingerprint density at radius 2 is 1.60 bits per heavy atom. The molecule has 3 nitrogen and oxygen atoms in total. The number of alkyl halides is 3. The van der Waals surface area contributed by atoms with Crippen LogP contribution in [0.5, 0.6) is 0 Å². The second-order valence-electron chi connectivity index (χ2n) is 6.00. The lowest BCUT2D eigenvalue weighted by Crippen LogP contribution is -2.37. The van der Waals surface area contributed by atoms with Gasteiger partial charge in [0.2, 0.25) is 0 Å². The lowest BCUT2D eigenvalue weighted by Gasteiger charge is -2.16. The molecule has 0 aromatic heterocycles. The topological polar surface area (TPSA) is 43.4 Å². The SMILES string of the molecule is CCCCCCc1ccc(CC(C(=O)OCC)C(=O)C(F)(F)F)cc1. The van der Waals surface area contributed by atoms with Gasteiger partial charge in [0.15, 0.2) is 0 Å². The van der Waals surface area contributed by atoms with Crippen LogP contribution in [0.3, 0.4) is 0 Å². The normalized spacial score (nSPS) is 12.7. The Morgan fingerprint density at radius 3 is 2.12 bits per heavy atom. The third kappa shape index (κ3) is 7.28. The van der Waals surface area contributed by atoms with E-state index in [4.69, 9.17) is 0 Å². The molecule has 1 aromatic carbocycles. The fourth-order valence-electron chi connectivity index (χ4n) is 2.56. The number of ketones is 1. The lowest BCUT2D eigenvalue weighted by atomic mass is 9.94. The van der Waals surface area contributed by atoms with Gasteiger partial charge in [0.1, 0.15) is 5.92 Å². The Labute approximate surface area is 146 Å². The highest BCUT2D eigenvalue weighted by Crippen LogP contribution is 2.25. The average molecular weight is 358 g/mol. The Hall–Kier alpha value is -1.85. The van der Waals surface area contributed by atoms with E-state index in [0.29, 0.717) is 5.56 Å². The van der Waals surface area contributed by atoms with Crippen molar-refractivity contribution in [3.8, 4) is 0 Å². The van der Waals surface area contributed by atoms with E-state index in [0.717, 1.165) is 31.2 Å². The molecule has 0 aliphatic rings. The fourth-order valence-corrected chi connectivity index (χ4v) is 2.56. The Bertz CT molecular complexity index is 550. The number of aryl methyl sites for hydroxylation is 1. The highest BCUT2D eigenvalue weighted by Gasteiger charge is 2.46. The van der Waals surface area contributed by atoms with Crippen molar-refractivity contribution >= 4 is 11.8 Å². The number of hydrogen-bond donors (Lipinski definition) is 0. The van der Waals surface area contributed by atoms with Crippen LogP contribution < -0.4 is 0 Å². The van der Waals surface area contributed by atoms with Gasteiger partial charge in [0.05, 0.1) is 6.61 Å². The summed E-state index contributed by atoms with van der Waals surface area (Å²) in [5.41, 5.74) is 1.60. The third-order valence-corrected chi connectivity index (χ3v) is 3.95. The van der Waals surface area contributed by atoms with Gasteiger partial charge in [-0.05, 0) is 37.3 Å². The molecule has 0 bridgehead atoms. The van der Waals surface area contributed by atoms with Crippen molar-refractivity contribution in [3.63, 3.8) is 0 Å². The Morgan fingerprint density at radius 1 is 1.00 bits per heavy atom. The molecule has 140 valence electrons. The van der Waals surface area contributed by atoms with Crippen LogP contribution in [0.25, 0.3) is 0 Å². The molecule has 1 unspecified atom stereocenters. The molecular formula is C19H25F3O3. The van der Waals surface area contributed by atoms with Crippen molar-refractivity contribution in [2.75, 3.05) is 6.61 Å². The molecule has 0 fully saturated rings. The summed E-state index contributed by atoms with van der Waals surface area (Å²) in [6, 6.07) is 7.01. The number of halogens is 3. The predicted molar refractivity (Wildman–Crippen MR) is 89.2 cm³/mol. The number of ether oxygens (including phenoxy) is 1. The predicted octanol–water partition coefficient (Wildman–Crippen LogP) is 4.66. The molecule has 1 atom stereocenters. The van der Waals surface area contributed by atoms with Crippen LogP contribution in [0.2, 0.25) is 0 Å². The van der Waals surface area contributed by atoms with Crippen molar-refractivity contribution in [2.45, 2.75) is 58.5 Å². The van der Waals surface area contributed by atoms with E-state index in [2.05, 4.69) is 11.7 Å². The van der Waals surface area contributed by atoms with Gasteiger partial charge in [-0.3, -0.25) is 9.59 Å². The highest BCUT2D eigenvalue weighted by atomic mass is 19.4. The van der Waals surface area contributed by atoms with Crippen LogP contribution in [0.4, 0.5) is 13.2 Å². The largest absolute Gasteiger partial charge is 0.465 e. The van der Waals surface area contributed by atoms with Gasteiger partial charge in [-0.15, -0.1) is 0 Å². The number of unbranched alkanes of at least 4 members (excludes halogenated alkanes) is 3. The number of esters is 1. The van der Waals surface area contributed by atoms with Crippen LogP contribution >= 0.6 is 0 Å². The van der Waals surface area contributed by atoms with E-state index in [9.17, 15) is 22.8 Å². The number of benzene rings is 1. The van der Waals surface area contributed by atoms with E-state index in [1.54, 1.807) is 12.1 Å². The molecule has 1 rings (SSSR count). The maximum absolute atomic E-state index is 12.7. The van der Waals surface area contributed by atoms with E-state index in [-0.39, 0.29) is 13.0 Å². The summed E-state index contributed by atoms with van der Waals surface area (Å²) in [5.74, 6) is -5.04. The summed E-state index contributed by atoms with van der Waals surface area (Å²) in [6.07, 6.45) is 0.0712. The first-order valence-corrected chi connectivity index (χ1v) is 8.65. The molecule has 25 heavy (non-hydrogen) atoms. The molecule has 0 N–H and O–H groups in total. The molecular weight excluding hydrogens is 333 g/mol. The van der Waals surface area contributed by atoms with Gasteiger partial charge in [-0.2, -0.15) is 13.2 Å². The molecule has 6 heteroatoms. The van der Waals surface area contributed by atoms with Gasteiger partial charge in [0.25, 0.3) is 5.78 Å². The summed E-state index contributed by atoms with van der Waals surface area (Å²) in [4.78, 5) is 23.3. The van der Waals surface area contributed by atoms with Crippen molar-refractivity contribution in [1.29, 1.82) is 0 Å². The highest BCUT2D eigenvalue weighted by molar-refractivity contribution is 6.02. The summed E-state index contributed by atoms with van der Waals surface area (Å²) >= 11 is 0. The first kappa shape index (κ1) is 21.2. The van der Waals surface area contributed by atoms with Crippen LogP contribution in [0, 0.1) is 5.92 Å². The lowest BCUT2D eigenvalue weighted by molar-refractivity contribution is -0.180. The zero-order valence-electron chi connectivity index (χ0n) is 14.7. The second-order valence-corrected chi connectivity index (χ2v) is 6.00. The first-order chi connectivity index (χ1) is 11.8. The first-order valence-electron chi connectivity index (χ1n) is 8.65. The van der Waals surface area contributed by atoms with Crippen LogP contribution in [0.1, 0.15) is 50.7 Å². The number of Topliss-reactive ketones (excluding diaryl/α,β-unsaturated/α-hetero) is 1. The third-order valence-electron chi connectivity index (χ3n) is 3.95. The number of hydrogen-bond acceptors (Lipinski definition) is 3. The molecule has 0 saturated carbocycles. The average Bonchev–Trinajstić information content (AvgIpc) is 2.56. The monoisotopic (exact) mass is 358 g/mol. The molecule has 0 saturated heterocycles. The zero-order valence-corrected chi connectivity index (χ0v) is 14.7. The molecule has 0 spiro atoms. The van der Waals surface area contributed by atoms with Gasteiger partial charge in [-0.1, -0.05) is 50.5 Å². The maximum Gasteiger partial charge on any atom is 0.450 e. The molecule has 0 radical (unpaired) electrons. The summed E-state index contributed by atoms with van der Waals surface area (Å²) in [5, 5.41) is 0. The molecule has 1 aromatic rings. The van der Waals surface area contributed by atoms with Gasteiger partial charge >= 0.3 is 12.1 Å². The summed E-state index contributed by atoms with van der Waals surface area (Å²) in [6.45, 7) is 3.55. The number of carbonyl (C=O) groups excluding carboxylic acids is 2. The summed E-state index contributed by atoms with van der Waals surface area (Å²) in [7, 11) is 0. The van der Waals surface area contributed by atoms with Crippen molar-refractivity contribution in [1.82, 2.24) is 0 Å². The van der Waals surface area contributed by atoms with Gasteiger partial charge in [0, 0.05) is 0 Å². The molecule has 0 aliphatic heterocycles. The van der Waals surface area contributed by atoms with Crippen LogP contribution in [-0.4, -0.2) is 24.5 Å². The zero-order chi connectivity index (χ0) is 18.9. The number of carbonyl (C=O) groups is 2. The number of rotatable bonds is 10. The van der Waals surface area contributed by atoms with Gasteiger partial charge < -0.3 is 4.74 Å². The quantitative estimate of drug-likeness (QED) is 0.347. The Balaban J connectivity index is 2.76. The van der Waals surface area contributed by atoms with Crippen LogP contribution in [0.15, 0.2) is 24.3 Å². The minimum absolute atomic E-state index is 0.0723. The van der Waals surface area contributed by atoms with Crippen molar-refractivity contribution < 1.29 is 27.5 Å². The van der Waals surface area contributed by atoms with E-state index in [1.165, 1.54) is 13.3 Å². The molecule has 0 heterocycles. The standard InChI is InChI=1S/C19H25F3O3/c1-3-5-6-7-8-14-9-11-15(12-10-14)13-16(18(24)25-4-2)17(23)19(20,21)22/h9-12,16H,3-8,13H2,1-2H3.